The molecule has 0 saturated heterocycles. The fourth-order valence-corrected chi connectivity index (χ4v) is 0. The van der Waals surface area contributed by atoms with E-state index in [0.717, 1.165) is 0 Å². The van der Waals surface area contributed by atoms with Gasteiger partial charge in [-0.3, -0.25) is 0 Å². The van der Waals surface area contributed by atoms with E-state index in [9.17, 15) is 0 Å². The Labute approximate surface area is 24.4 Å². The number of carbonyl (C=O) groups excluding carboxylic acids is 1. The van der Waals surface area contributed by atoms with E-state index in [1.165, 1.54) is 13.6 Å². The summed E-state index contributed by atoms with van der Waals surface area (Å²) in [6.07, 6.45) is 0. The van der Waals surface area contributed by atoms with Crippen molar-refractivity contribution in [3.8, 4) is 0 Å². The average Bonchev–Trinajstić information content (AvgIpc) is 1.37. The molecule has 0 fully saturated rings. The van der Waals surface area contributed by atoms with Crippen molar-refractivity contribution in [3.63, 3.8) is 0 Å². The Morgan fingerprint density at radius 2 is 2.25 bits per heavy atom. The van der Waals surface area contributed by atoms with Crippen molar-refractivity contribution in [1.82, 2.24) is 0 Å². The van der Waals surface area contributed by atoms with Gasteiger partial charge in [0.25, 0.3) is 0 Å². The summed E-state index contributed by atoms with van der Waals surface area (Å²) in [6.45, 7) is 1.18. The summed E-state index contributed by atoms with van der Waals surface area (Å²) in [6, 6.07) is 0. The van der Waals surface area contributed by atoms with Crippen molar-refractivity contribution in [2.24, 2.45) is 0 Å². The third-order valence-corrected chi connectivity index (χ3v) is 0.0833. The predicted octanol–water partition coefficient (Wildman–Crippen LogP) is -0.300. The first kappa shape index (κ1) is 3.38. The van der Waals surface area contributed by atoms with E-state index >= 15 is 0 Å². The van der Waals surface area contributed by atoms with E-state index in [2.05, 4.69) is 4.74 Å². The smallest absolute Gasteiger partial charge is 0.234 e. The summed E-state index contributed by atoms with van der Waals surface area (Å²) in [7, 11) is 1.26. The minimum atomic E-state index is 1.18. The van der Waals surface area contributed by atoms with Gasteiger partial charge < -0.3 is 0 Å². The third-order valence-electron chi connectivity index (χ3n) is 0.0833. The van der Waals surface area contributed by atoms with Gasteiger partial charge in [0.15, 0.2) is 0 Å². The van der Waals surface area contributed by atoms with Gasteiger partial charge in [-0.1, -0.05) is 0 Å². The summed E-state index contributed by atoms with van der Waals surface area (Å²) >= 11 is 0. The van der Waals surface area contributed by atoms with Gasteiger partial charge in [-0.15, -0.1) is 0 Å². The minimum absolute atomic E-state index is 1.18. The zero-order chi connectivity index (χ0) is 3.41. The van der Waals surface area contributed by atoms with Gasteiger partial charge in [-0.2, -0.15) is 0 Å². The molecule has 4 heavy (non-hydrogen) atoms. The predicted molar refractivity (Wildman–Crippen MR) is 12.7 cm³/mol. The van der Waals surface area contributed by atoms with Gasteiger partial charge in [0.1, 0.15) is 7.11 Å². The summed E-state index contributed by atoms with van der Waals surface area (Å²) < 4.78 is 3.74. The SMILES string of the molecule is CO[C+]=O. The van der Waals surface area contributed by atoms with Crippen LogP contribution >= 0.6 is 0 Å². The quantitative estimate of drug-likeness (QED) is 0.387. The molecule has 22 valence electrons. The Bertz CT molecular complexity index is 18.0. The normalized spacial score (nSPS) is 4.25. The molecule has 2 heteroatoms. The Morgan fingerprint density at radius 1 is 2.00 bits per heavy atom. The molecule has 0 atom stereocenters. The van der Waals surface area contributed by atoms with E-state index in [1.54, 1.807) is 0 Å². The number of ether oxygens (including phenoxy) is 1. The van der Waals surface area contributed by atoms with Crippen molar-refractivity contribution < 1.29 is 9.53 Å². The molecule has 0 aromatic heterocycles. The Hall–Kier alpha value is -0.620. The van der Waals surface area contributed by atoms with Crippen LogP contribution in [-0.4, -0.2) is 13.6 Å². The first-order chi connectivity index (χ1) is 1.91. The standard InChI is InChI=1S/C2H3O2/c1-4-2-3/h1H3/q+1. The van der Waals surface area contributed by atoms with Crippen LogP contribution in [0.2, 0.25) is 0 Å². The highest BCUT2D eigenvalue weighted by atomic mass is 16.5. The second kappa shape index (κ2) is 2.38. The molecule has 0 spiro atoms. The molecule has 0 heterocycles. The highest BCUT2D eigenvalue weighted by Crippen LogP contribution is 1.35. The number of hydrogen-bond donors (Lipinski definition) is 0. The van der Waals surface area contributed by atoms with Gasteiger partial charge in [0, 0.05) is 0 Å². The van der Waals surface area contributed by atoms with Gasteiger partial charge in [0.2, 0.25) is 0 Å². The average molecular weight is 59.0 g/mol. The van der Waals surface area contributed by atoms with E-state index in [1.807, 2.05) is 0 Å². The molecule has 0 rings (SSSR count). The van der Waals surface area contributed by atoms with Crippen LogP contribution in [0.4, 0.5) is 0 Å². The maximum Gasteiger partial charge on any atom is 0.796 e. The maximum absolute atomic E-state index is 8.83. The topological polar surface area (TPSA) is 26.3 Å². The first-order valence-corrected chi connectivity index (χ1v) is 0.816. The molecule has 0 amide bonds. The third kappa shape index (κ3) is 1.38. The van der Waals surface area contributed by atoms with Crippen LogP contribution < -0.4 is 0 Å². The molecule has 2 nitrogen and oxygen atoms in total. The molecular weight excluding hydrogens is 56.0 g/mol. The number of hydrogen-bond acceptors (Lipinski definition) is 2. The van der Waals surface area contributed by atoms with Crippen molar-refractivity contribution in [2.45, 2.75) is 0 Å². The lowest BCUT2D eigenvalue weighted by Gasteiger charge is -1.41. The molecule has 0 N–H and O–H groups in total. The fraction of sp³-hybridized carbons (Fsp3) is 0.500. The van der Waals surface area contributed by atoms with E-state index < -0.39 is 0 Å². The molecule has 0 aliphatic heterocycles. The van der Waals surface area contributed by atoms with E-state index in [0.29, 0.717) is 0 Å². The van der Waals surface area contributed by atoms with Crippen LogP contribution in [0.15, 0.2) is 0 Å². The molecule has 0 aliphatic carbocycles. The van der Waals surface area contributed by atoms with Crippen LogP contribution in [0.5, 0.6) is 0 Å². The Morgan fingerprint density at radius 3 is 2.25 bits per heavy atom. The van der Waals surface area contributed by atoms with Gasteiger partial charge in [-0.05, 0) is 0 Å². The highest BCUT2D eigenvalue weighted by molar-refractivity contribution is 5.37. The van der Waals surface area contributed by atoms with Crippen LogP contribution in [0.1, 0.15) is 0 Å². The van der Waals surface area contributed by atoms with Crippen molar-refractivity contribution in [1.29, 1.82) is 0 Å². The number of methoxy groups -OCH3 is 1. The Kier molecular flexibility index (Phi) is 2.01. The first-order valence-electron chi connectivity index (χ1n) is 0.816. The molecule has 0 aromatic carbocycles. The van der Waals surface area contributed by atoms with Crippen molar-refractivity contribution in [2.75, 3.05) is 7.11 Å². The highest BCUT2D eigenvalue weighted by Gasteiger charge is 1.79. The zero-order valence-corrected chi connectivity index (χ0v) is 2.32. The monoisotopic (exact) mass is 59.0 g/mol. The van der Waals surface area contributed by atoms with Crippen LogP contribution in [-0.2, 0) is 9.53 Å². The van der Waals surface area contributed by atoms with Crippen LogP contribution in [0, 0.1) is 0 Å². The largest absolute Gasteiger partial charge is 0.796 e. The maximum atomic E-state index is 8.83. The second-order valence-corrected chi connectivity index (χ2v) is 0.287. The molecule has 0 aliphatic rings. The molecular formula is C2H3O2+. The lowest BCUT2D eigenvalue weighted by Crippen LogP contribution is -1.68. The van der Waals surface area contributed by atoms with Gasteiger partial charge >= 0.3 is 6.47 Å². The van der Waals surface area contributed by atoms with E-state index in [-0.39, 0.29) is 0 Å². The lowest BCUT2D eigenvalue weighted by atomic mass is 11.5. The Balaban J connectivity index is 2.30. The second-order valence-electron chi connectivity index (χ2n) is 0.287. The van der Waals surface area contributed by atoms with Gasteiger partial charge in [-0.25, -0.2) is 4.74 Å². The summed E-state index contributed by atoms with van der Waals surface area (Å²) in [5.74, 6) is 0. The molecule has 0 unspecified atom stereocenters. The van der Waals surface area contributed by atoms with Gasteiger partial charge in [0.05, 0.1) is 4.79 Å². The summed E-state index contributed by atoms with van der Waals surface area (Å²) in [5, 5.41) is 0. The lowest BCUT2D eigenvalue weighted by molar-refractivity contribution is 0.353. The van der Waals surface area contributed by atoms with Crippen molar-refractivity contribution >= 4 is 6.47 Å². The van der Waals surface area contributed by atoms with Crippen LogP contribution in [0.3, 0.4) is 0 Å². The molecule has 0 saturated carbocycles. The molecule has 0 radical (unpaired) electrons. The van der Waals surface area contributed by atoms with E-state index in [4.69, 9.17) is 4.79 Å². The zero-order valence-electron chi connectivity index (χ0n) is 2.32. The summed E-state index contributed by atoms with van der Waals surface area (Å²) in [4.78, 5) is 8.83. The molecule has 0 aromatic rings. The number of rotatable bonds is 1. The molecule has 0 bridgehead atoms. The summed E-state index contributed by atoms with van der Waals surface area (Å²) in [5.41, 5.74) is 0. The fourth-order valence-electron chi connectivity index (χ4n) is 0. The van der Waals surface area contributed by atoms with Crippen LogP contribution in [0.25, 0.3) is 0 Å². The van der Waals surface area contributed by atoms with Crippen molar-refractivity contribution in [3.05, 3.63) is 0 Å². The minimum Gasteiger partial charge on any atom is -0.234 e.